The fourth-order valence-corrected chi connectivity index (χ4v) is 4.00. The third-order valence-electron chi connectivity index (χ3n) is 5.00. The normalized spacial score (nSPS) is 15.3. The zero-order chi connectivity index (χ0) is 22.6. The SMILES string of the molecule is C[C@@H](OC(=O)c1cc(S(N)(=O)=O)ccc1Cl)C(=O)Nc1ccc(N2CCCCC2)cc1. The molecule has 8 nitrogen and oxygen atoms in total. The number of hydrogen-bond acceptors (Lipinski definition) is 6. The number of nitrogens with zero attached hydrogens (tertiary/aromatic N) is 1. The van der Waals surface area contributed by atoms with E-state index in [-0.39, 0.29) is 15.5 Å². The standard InChI is InChI=1S/C21H24ClN3O5S/c1-14(30-21(27)18-13-17(31(23,28)29)9-10-19(18)22)20(26)24-15-5-7-16(8-6-15)25-11-3-2-4-12-25/h5-10,13-14H,2-4,11-12H2,1H3,(H,24,26)(H2,23,28,29)/t14-/m1/s1. The number of anilines is 2. The van der Waals surface area contributed by atoms with Crippen LogP contribution in [0.25, 0.3) is 0 Å². The molecule has 0 bridgehead atoms. The summed E-state index contributed by atoms with van der Waals surface area (Å²) in [5, 5.41) is 7.76. The van der Waals surface area contributed by atoms with Crippen LogP contribution in [0.15, 0.2) is 47.4 Å². The Bertz CT molecular complexity index is 1070. The minimum Gasteiger partial charge on any atom is -0.449 e. The highest BCUT2D eigenvalue weighted by Crippen LogP contribution is 2.23. The topological polar surface area (TPSA) is 119 Å². The van der Waals surface area contributed by atoms with Crippen molar-refractivity contribution in [2.45, 2.75) is 37.2 Å². The van der Waals surface area contributed by atoms with E-state index < -0.39 is 28.0 Å². The molecule has 3 N–H and O–H groups in total. The van der Waals surface area contributed by atoms with Crippen molar-refractivity contribution in [1.29, 1.82) is 0 Å². The predicted octanol–water partition coefficient (Wildman–Crippen LogP) is 3.16. The molecular formula is C21H24ClN3O5S. The molecule has 1 heterocycles. The van der Waals surface area contributed by atoms with Gasteiger partial charge in [0.2, 0.25) is 10.0 Å². The predicted molar refractivity (Wildman–Crippen MR) is 119 cm³/mol. The molecule has 1 aliphatic heterocycles. The number of amides is 1. The van der Waals surface area contributed by atoms with Gasteiger partial charge in [-0.25, -0.2) is 18.4 Å². The lowest BCUT2D eigenvalue weighted by atomic mass is 10.1. The molecule has 0 aliphatic carbocycles. The smallest absolute Gasteiger partial charge is 0.340 e. The molecule has 1 atom stereocenters. The van der Waals surface area contributed by atoms with Gasteiger partial charge >= 0.3 is 5.97 Å². The maximum absolute atomic E-state index is 12.4. The summed E-state index contributed by atoms with van der Waals surface area (Å²) in [5.41, 5.74) is 1.48. The molecule has 0 saturated carbocycles. The van der Waals surface area contributed by atoms with Crippen molar-refractivity contribution in [2.24, 2.45) is 5.14 Å². The molecule has 2 aromatic rings. The van der Waals surface area contributed by atoms with Gasteiger partial charge in [-0.15, -0.1) is 0 Å². The van der Waals surface area contributed by atoms with E-state index in [2.05, 4.69) is 10.2 Å². The average Bonchev–Trinajstić information content (AvgIpc) is 2.74. The lowest BCUT2D eigenvalue weighted by Gasteiger charge is -2.28. The maximum Gasteiger partial charge on any atom is 0.340 e. The molecule has 0 radical (unpaired) electrons. The summed E-state index contributed by atoms with van der Waals surface area (Å²) in [6, 6.07) is 10.9. The molecule has 2 aromatic carbocycles. The molecule has 10 heteroatoms. The third-order valence-corrected chi connectivity index (χ3v) is 6.24. The average molecular weight is 466 g/mol. The van der Waals surface area contributed by atoms with Crippen molar-refractivity contribution < 1.29 is 22.7 Å². The van der Waals surface area contributed by atoms with Crippen LogP contribution in [-0.2, 0) is 19.6 Å². The Kier molecular flexibility index (Phi) is 7.19. The summed E-state index contributed by atoms with van der Waals surface area (Å²) < 4.78 is 28.1. The number of carbonyl (C=O) groups is 2. The molecule has 1 saturated heterocycles. The molecule has 0 unspecified atom stereocenters. The molecule has 0 aromatic heterocycles. The van der Waals surface area contributed by atoms with E-state index in [1.165, 1.54) is 38.3 Å². The highest BCUT2D eigenvalue weighted by molar-refractivity contribution is 7.89. The minimum absolute atomic E-state index is 0.0155. The number of hydrogen-bond donors (Lipinski definition) is 2. The number of sulfonamides is 1. The number of nitrogens with one attached hydrogen (secondary N) is 1. The molecule has 1 amide bonds. The molecule has 0 spiro atoms. The monoisotopic (exact) mass is 465 g/mol. The number of primary sulfonamides is 1. The summed E-state index contributed by atoms with van der Waals surface area (Å²) in [4.78, 5) is 26.9. The van der Waals surface area contributed by atoms with Gasteiger partial charge in [0.25, 0.3) is 5.91 Å². The van der Waals surface area contributed by atoms with Crippen LogP contribution in [0.3, 0.4) is 0 Å². The van der Waals surface area contributed by atoms with E-state index >= 15 is 0 Å². The summed E-state index contributed by atoms with van der Waals surface area (Å²) >= 11 is 5.97. The second-order valence-electron chi connectivity index (χ2n) is 7.32. The maximum atomic E-state index is 12.4. The number of benzene rings is 2. The first kappa shape index (κ1) is 23.1. The lowest BCUT2D eigenvalue weighted by Crippen LogP contribution is -2.30. The van der Waals surface area contributed by atoms with Crippen molar-refractivity contribution in [3.8, 4) is 0 Å². The molecule has 166 valence electrons. The summed E-state index contributed by atoms with van der Waals surface area (Å²) in [5.74, 6) is -1.46. The first-order valence-electron chi connectivity index (χ1n) is 9.84. The number of rotatable bonds is 6. The van der Waals surface area contributed by atoms with Gasteiger partial charge in [-0.1, -0.05) is 11.6 Å². The minimum atomic E-state index is -4.02. The number of carbonyl (C=O) groups excluding carboxylic acids is 2. The van der Waals surface area contributed by atoms with Gasteiger partial charge in [0.1, 0.15) is 0 Å². The van der Waals surface area contributed by atoms with Crippen molar-refractivity contribution in [3.63, 3.8) is 0 Å². The van der Waals surface area contributed by atoms with E-state index in [4.69, 9.17) is 21.5 Å². The van der Waals surface area contributed by atoms with Crippen LogP contribution in [0.2, 0.25) is 5.02 Å². The van der Waals surface area contributed by atoms with Crippen LogP contribution in [0.5, 0.6) is 0 Å². The van der Waals surface area contributed by atoms with Gasteiger partial charge < -0.3 is 15.0 Å². The first-order valence-corrected chi connectivity index (χ1v) is 11.8. The molecule has 31 heavy (non-hydrogen) atoms. The van der Waals surface area contributed by atoms with Crippen LogP contribution in [0, 0.1) is 0 Å². The Morgan fingerprint density at radius 3 is 2.35 bits per heavy atom. The van der Waals surface area contributed by atoms with E-state index in [9.17, 15) is 18.0 Å². The van der Waals surface area contributed by atoms with Gasteiger partial charge in [-0.05, 0) is 68.7 Å². The van der Waals surface area contributed by atoms with Gasteiger partial charge in [-0.3, -0.25) is 4.79 Å². The Morgan fingerprint density at radius 2 is 1.74 bits per heavy atom. The van der Waals surface area contributed by atoms with Crippen LogP contribution >= 0.6 is 11.6 Å². The number of halogens is 1. The van der Waals surface area contributed by atoms with Crippen molar-refractivity contribution in [3.05, 3.63) is 53.1 Å². The van der Waals surface area contributed by atoms with Crippen molar-refractivity contribution in [1.82, 2.24) is 0 Å². The summed E-state index contributed by atoms with van der Waals surface area (Å²) in [6.07, 6.45) is 2.46. The van der Waals surface area contributed by atoms with Crippen LogP contribution < -0.4 is 15.4 Å². The Hall–Kier alpha value is -2.62. The molecule has 3 rings (SSSR count). The molecule has 1 fully saturated rings. The number of esters is 1. The summed E-state index contributed by atoms with van der Waals surface area (Å²) in [7, 11) is -4.02. The highest BCUT2D eigenvalue weighted by atomic mass is 35.5. The lowest BCUT2D eigenvalue weighted by molar-refractivity contribution is -0.123. The summed E-state index contributed by atoms with van der Waals surface area (Å²) in [6.45, 7) is 3.45. The molecule has 1 aliphatic rings. The number of nitrogens with two attached hydrogens (primary N) is 1. The third kappa shape index (κ3) is 5.96. The number of piperidine rings is 1. The highest BCUT2D eigenvalue weighted by Gasteiger charge is 2.22. The zero-order valence-corrected chi connectivity index (χ0v) is 18.6. The van der Waals surface area contributed by atoms with Crippen molar-refractivity contribution in [2.75, 3.05) is 23.3 Å². The van der Waals surface area contributed by atoms with Gasteiger partial charge in [0.15, 0.2) is 6.10 Å². The van der Waals surface area contributed by atoms with E-state index in [0.29, 0.717) is 5.69 Å². The Labute approximate surface area is 186 Å². The van der Waals surface area contributed by atoms with Gasteiger partial charge in [-0.2, -0.15) is 0 Å². The van der Waals surface area contributed by atoms with Crippen LogP contribution in [0.1, 0.15) is 36.5 Å². The van der Waals surface area contributed by atoms with Crippen LogP contribution in [-0.4, -0.2) is 39.5 Å². The van der Waals surface area contributed by atoms with E-state index in [0.717, 1.165) is 24.8 Å². The Balaban J connectivity index is 1.62. The fourth-order valence-electron chi connectivity index (χ4n) is 3.27. The van der Waals surface area contributed by atoms with Gasteiger partial charge in [0.05, 0.1) is 15.5 Å². The Morgan fingerprint density at radius 1 is 1.10 bits per heavy atom. The quantitative estimate of drug-likeness (QED) is 0.632. The second kappa shape index (κ2) is 9.67. The first-order chi connectivity index (χ1) is 14.6. The van der Waals surface area contributed by atoms with Crippen molar-refractivity contribution >= 4 is 44.9 Å². The zero-order valence-electron chi connectivity index (χ0n) is 17.0. The second-order valence-corrected chi connectivity index (χ2v) is 9.29. The number of ether oxygens (including phenoxy) is 1. The largest absolute Gasteiger partial charge is 0.449 e. The van der Waals surface area contributed by atoms with E-state index in [1.807, 2.05) is 12.1 Å². The van der Waals surface area contributed by atoms with E-state index in [1.54, 1.807) is 12.1 Å². The molecular weight excluding hydrogens is 442 g/mol. The van der Waals surface area contributed by atoms with Gasteiger partial charge in [0, 0.05) is 24.5 Å². The van der Waals surface area contributed by atoms with Crippen LogP contribution in [0.4, 0.5) is 11.4 Å². The fraction of sp³-hybridized carbons (Fsp3) is 0.333.